The smallest absolute Gasteiger partial charge is 0.338 e. The van der Waals surface area contributed by atoms with E-state index in [9.17, 15) is 44.7 Å². The minimum Gasteiger partial charge on any atom is -0.478 e. The first-order chi connectivity index (χ1) is 11.9. The zero-order valence-corrected chi connectivity index (χ0v) is 15.6. The molecule has 142 valence electrons. The van der Waals surface area contributed by atoms with Crippen molar-refractivity contribution in [1.82, 2.24) is 0 Å². The molecule has 0 heterocycles. The molecule has 0 aromatic heterocycles. The molecule has 0 bridgehead atoms. The van der Waals surface area contributed by atoms with Gasteiger partial charge in [-0.2, -0.15) is 0 Å². The van der Waals surface area contributed by atoms with Gasteiger partial charge in [0.15, 0.2) is 46.5 Å². The molecule has 0 aliphatic heterocycles. The Morgan fingerprint density at radius 1 is 0.556 bits per heavy atom. The van der Waals surface area contributed by atoms with Crippen LogP contribution < -0.4 is 0 Å². The Kier molecular flexibility index (Phi) is 8.51. The Balaban J connectivity index is 0.000000483. The predicted octanol–water partition coefficient (Wildman–Crippen LogP) is 3.88. The van der Waals surface area contributed by atoms with Crippen molar-refractivity contribution in [2.45, 2.75) is 0 Å². The van der Waals surface area contributed by atoms with E-state index in [1.165, 1.54) is 0 Å². The van der Waals surface area contributed by atoms with Crippen molar-refractivity contribution in [1.29, 1.82) is 0 Å². The van der Waals surface area contributed by atoms with Crippen molar-refractivity contribution in [3.8, 4) is 0 Å². The average molecular weight is 454 g/mol. The molecule has 2 rings (SSSR count). The molecule has 27 heavy (non-hydrogen) atoms. The summed E-state index contributed by atoms with van der Waals surface area (Å²) in [5.74, 6) is -19.3. The summed E-state index contributed by atoms with van der Waals surface area (Å²) in [5.41, 5.74) is -2.48. The molecular weight excluding hydrogens is 450 g/mol. The van der Waals surface area contributed by atoms with E-state index in [0.29, 0.717) is 0 Å². The summed E-state index contributed by atoms with van der Waals surface area (Å²) in [5, 5.41) is 16.4. The zero-order valence-electron chi connectivity index (χ0n) is 12.6. The SMILES string of the molecule is O=C(O)c1cc(F)c(F)c(F)c1F.O=C(O)c1cc(F)c(F)c(F)c1F.[Zn]. The van der Waals surface area contributed by atoms with Crippen molar-refractivity contribution in [2.24, 2.45) is 0 Å². The molecule has 0 saturated carbocycles. The molecule has 2 aromatic rings. The molecule has 0 spiro atoms. The van der Waals surface area contributed by atoms with Crippen LogP contribution in [0.4, 0.5) is 35.1 Å². The molecule has 4 nitrogen and oxygen atoms in total. The Labute approximate surface area is 156 Å². The molecule has 0 amide bonds. The normalized spacial score (nSPS) is 9.78. The number of carbonyl (C=O) groups is 2. The van der Waals surface area contributed by atoms with Crippen LogP contribution in [-0.2, 0) is 19.5 Å². The van der Waals surface area contributed by atoms with Crippen molar-refractivity contribution in [3.63, 3.8) is 0 Å². The van der Waals surface area contributed by atoms with Crippen molar-refractivity contribution >= 4 is 11.9 Å². The van der Waals surface area contributed by atoms with Gasteiger partial charge in [-0.3, -0.25) is 0 Å². The summed E-state index contributed by atoms with van der Waals surface area (Å²) in [6.07, 6.45) is 0. The van der Waals surface area contributed by atoms with Gasteiger partial charge in [0, 0.05) is 19.5 Å². The van der Waals surface area contributed by atoms with Crippen LogP contribution >= 0.6 is 0 Å². The molecule has 0 fully saturated rings. The third kappa shape index (κ3) is 5.22. The van der Waals surface area contributed by atoms with Gasteiger partial charge in [0.2, 0.25) is 0 Å². The van der Waals surface area contributed by atoms with Gasteiger partial charge in [-0.1, -0.05) is 0 Å². The summed E-state index contributed by atoms with van der Waals surface area (Å²) >= 11 is 0. The van der Waals surface area contributed by atoms with Crippen molar-refractivity contribution in [3.05, 3.63) is 69.8 Å². The Morgan fingerprint density at radius 2 is 0.815 bits per heavy atom. The first-order valence-corrected chi connectivity index (χ1v) is 6.02. The van der Waals surface area contributed by atoms with Gasteiger partial charge in [-0.25, -0.2) is 44.7 Å². The van der Waals surface area contributed by atoms with Gasteiger partial charge in [0.05, 0.1) is 0 Å². The van der Waals surface area contributed by atoms with Gasteiger partial charge in [0.1, 0.15) is 11.1 Å². The van der Waals surface area contributed by atoms with Gasteiger partial charge in [-0.05, 0) is 12.1 Å². The summed E-state index contributed by atoms with van der Waals surface area (Å²) < 4.78 is 99.0. The van der Waals surface area contributed by atoms with Gasteiger partial charge >= 0.3 is 11.9 Å². The van der Waals surface area contributed by atoms with E-state index in [-0.39, 0.29) is 31.6 Å². The molecule has 0 unspecified atom stereocenters. The van der Waals surface area contributed by atoms with Crippen LogP contribution in [0, 0.1) is 46.5 Å². The monoisotopic (exact) mass is 452 g/mol. The minimum atomic E-state index is -2.13. The first kappa shape index (κ1) is 24.4. The molecule has 2 aromatic carbocycles. The quantitative estimate of drug-likeness (QED) is 0.313. The standard InChI is InChI=1S/2C7H2F4O2.Zn/c2*8-3-1-2(7(12)13)4(9)6(11)5(3)10;/h2*1H,(H,12,13);. The topological polar surface area (TPSA) is 74.6 Å². The van der Waals surface area contributed by atoms with E-state index in [1.807, 2.05) is 0 Å². The maximum Gasteiger partial charge on any atom is 0.338 e. The third-order valence-electron chi connectivity index (χ3n) is 2.67. The third-order valence-corrected chi connectivity index (χ3v) is 2.67. The van der Waals surface area contributed by atoms with Crippen LogP contribution in [0.3, 0.4) is 0 Å². The Morgan fingerprint density at radius 3 is 1.04 bits per heavy atom. The van der Waals surface area contributed by atoms with E-state index < -0.39 is 69.6 Å². The van der Waals surface area contributed by atoms with E-state index in [2.05, 4.69) is 0 Å². The van der Waals surface area contributed by atoms with Crippen molar-refractivity contribution in [2.75, 3.05) is 0 Å². The van der Waals surface area contributed by atoms with E-state index in [1.54, 1.807) is 0 Å². The molecule has 0 atom stereocenters. The molecule has 0 aliphatic rings. The number of carboxylic acid groups (broad SMARTS) is 2. The summed E-state index contributed by atoms with van der Waals surface area (Å²) in [7, 11) is 0. The van der Waals surface area contributed by atoms with Gasteiger partial charge < -0.3 is 10.2 Å². The Hall–Kier alpha value is -2.56. The summed E-state index contributed by atoms with van der Waals surface area (Å²) in [4.78, 5) is 20.3. The largest absolute Gasteiger partial charge is 0.478 e. The van der Waals surface area contributed by atoms with Crippen LogP contribution in [0.1, 0.15) is 20.7 Å². The number of aromatic carboxylic acids is 2. The van der Waals surface area contributed by atoms with Crippen molar-refractivity contribution < 1.29 is 74.4 Å². The number of benzene rings is 2. The molecule has 13 heteroatoms. The van der Waals surface area contributed by atoms with E-state index in [4.69, 9.17) is 10.2 Å². The van der Waals surface area contributed by atoms with Crippen LogP contribution in [0.5, 0.6) is 0 Å². The predicted molar refractivity (Wildman–Crippen MR) is 66.5 cm³/mol. The molecule has 2 N–H and O–H groups in total. The summed E-state index contributed by atoms with van der Waals surface area (Å²) in [6.45, 7) is 0. The van der Waals surface area contributed by atoms with E-state index in [0.717, 1.165) is 0 Å². The number of carboxylic acids is 2. The summed E-state index contributed by atoms with van der Waals surface area (Å²) in [6, 6.07) is 0.159. The number of rotatable bonds is 2. The molecule has 0 aliphatic carbocycles. The average Bonchev–Trinajstić information content (AvgIpc) is 2.57. The minimum absolute atomic E-state index is 0. The fourth-order valence-corrected chi connectivity index (χ4v) is 1.46. The Bertz CT molecular complexity index is 830. The second kappa shape index (κ2) is 9.40. The van der Waals surface area contributed by atoms with Gasteiger partial charge in [-0.15, -0.1) is 0 Å². The van der Waals surface area contributed by atoms with Crippen LogP contribution in [0.25, 0.3) is 0 Å². The van der Waals surface area contributed by atoms with Crippen LogP contribution in [0.15, 0.2) is 12.1 Å². The number of hydrogen-bond acceptors (Lipinski definition) is 2. The van der Waals surface area contributed by atoms with Crippen LogP contribution in [-0.4, -0.2) is 22.2 Å². The second-order valence-electron chi connectivity index (χ2n) is 4.31. The van der Waals surface area contributed by atoms with Gasteiger partial charge in [0.25, 0.3) is 0 Å². The van der Waals surface area contributed by atoms with Crippen LogP contribution in [0.2, 0.25) is 0 Å². The fourth-order valence-electron chi connectivity index (χ4n) is 1.46. The maximum absolute atomic E-state index is 12.5. The number of halogens is 8. The zero-order chi connectivity index (χ0) is 20.3. The first-order valence-electron chi connectivity index (χ1n) is 6.02. The number of hydrogen-bond donors (Lipinski definition) is 2. The molecule has 0 saturated heterocycles. The maximum atomic E-state index is 12.5. The fraction of sp³-hybridized carbons (Fsp3) is 0. The molecule has 0 radical (unpaired) electrons. The van der Waals surface area contributed by atoms with E-state index >= 15 is 0 Å². The second-order valence-corrected chi connectivity index (χ2v) is 4.31. The molecular formula is C14H4F8O4Zn.